The number of piperazine rings is 1. The van der Waals surface area contributed by atoms with Crippen LogP contribution < -0.4 is 4.90 Å². The van der Waals surface area contributed by atoms with Gasteiger partial charge in [0.05, 0.1) is 24.6 Å². The topological polar surface area (TPSA) is 57.0 Å². The van der Waals surface area contributed by atoms with Crippen molar-refractivity contribution in [3.63, 3.8) is 0 Å². The van der Waals surface area contributed by atoms with Gasteiger partial charge < -0.3 is 14.2 Å². The van der Waals surface area contributed by atoms with E-state index in [1.54, 1.807) is 24.3 Å². The van der Waals surface area contributed by atoms with Gasteiger partial charge in [-0.15, -0.1) is 0 Å². The van der Waals surface area contributed by atoms with Crippen molar-refractivity contribution in [2.75, 3.05) is 31.1 Å². The number of likely N-dealkylation sites (tertiary alicyclic amines) is 1. The predicted molar refractivity (Wildman–Crippen MR) is 97.5 cm³/mol. The molecule has 1 atom stereocenters. The zero-order chi connectivity index (χ0) is 18.1. The molecular formula is C20H23N3O3. The van der Waals surface area contributed by atoms with E-state index >= 15 is 0 Å². The Bertz CT molecular complexity index is 790. The fourth-order valence-corrected chi connectivity index (χ4v) is 4.21. The third-order valence-electron chi connectivity index (χ3n) is 5.47. The zero-order valence-electron chi connectivity index (χ0n) is 14.9. The van der Waals surface area contributed by atoms with Gasteiger partial charge >= 0.3 is 0 Å². The van der Waals surface area contributed by atoms with Gasteiger partial charge in [-0.25, -0.2) is 0 Å². The predicted octanol–water partition coefficient (Wildman–Crippen LogP) is 2.12. The zero-order valence-corrected chi connectivity index (χ0v) is 14.9. The number of nitrogens with zero attached hydrogens (tertiary/aromatic N) is 3. The van der Waals surface area contributed by atoms with Crippen molar-refractivity contribution in [2.45, 2.75) is 25.4 Å². The Balaban J connectivity index is 1.59. The van der Waals surface area contributed by atoms with Crippen LogP contribution in [0.4, 0.5) is 5.69 Å². The number of anilines is 1. The molecule has 1 aromatic heterocycles. The number of furan rings is 1. The highest BCUT2D eigenvalue weighted by Crippen LogP contribution is 2.35. The average molecular weight is 353 g/mol. The number of amides is 2. The second-order valence-electron chi connectivity index (χ2n) is 7.24. The fraction of sp³-hybridized carbons (Fsp3) is 0.400. The Kier molecular flexibility index (Phi) is 4.28. The molecule has 0 unspecified atom stereocenters. The molecule has 0 N–H and O–H groups in total. The quantitative estimate of drug-likeness (QED) is 0.848. The van der Waals surface area contributed by atoms with E-state index in [9.17, 15) is 9.59 Å². The highest BCUT2D eigenvalue weighted by atomic mass is 16.3. The molecule has 2 fully saturated rings. The van der Waals surface area contributed by atoms with E-state index in [0.717, 1.165) is 37.3 Å². The molecule has 0 saturated carbocycles. The molecule has 2 aliphatic heterocycles. The van der Waals surface area contributed by atoms with Crippen LogP contribution in [0.2, 0.25) is 0 Å². The van der Waals surface area contributed by atoms with E-state index in [-0.39, 0.29) is 23.9 Å². The van der Waals surface area contributed by atoms with Crippen LogP contribution in [0.25, 0.3) is 0 Å². The number of hydrogen-bond donors (Lipinski definition) is 0. The molecule has 3 heterocycles. The molecule has 6 heteroatoms. The molecule has 0 radical (unpaired) electrons. The summed E-state index contributed by atoms with van der Waals surface area (Å²) in [4.78, 5) is 30.9. The summed E-state index contributed by atoms with van der Waals surface area (Å²) in [5.41, 5.74) is 1.69. The molecule has 2 aliphatic rings. The molecule has 0 bridgehead atoms. The lowest BCUT2D eigenvalue weighted by atomic mass is 9.91. The first-order valence-corrected chi connectivity index (χ1v) is 8.94. The van der Waals surface area contributed by atoms with Crippen LogP contribution in [-0.4, -0.2) is 53.3 Å². The van der Waals surface area contributed by atoms with Crippen LogP contribution in [0.15, 0.2) is 53.3 Å². The molecule has 1 spiro atoms. The summed E-state index contributed by atoms with van der Waals surface area (Å²) < 4.78 is 5.17. The summed E-state index contributed by atoms with van der Waals surface area (Å²) in [6.45, 7) is 4.69. The maximum absolute atomic E-state index is 12.7. The van der Waals surface area contributed by atoms with Crippen molar-refractivity contribution < 1.29 is 14.0 Å². The van der Waals surface area contributed by atoms with Crippen LogP contribution in [-0.2, 0) is 16.1 Å². The van der Waals surface area contributed by atoms with Crippen molar-refractivity contribution in [3.05, 3.63) is 54.5 Å². The van der Waals surface area contributed by atoms with Crippen molar-refractivity contribution in [3.8, 4) is 0 Å². The van der Waals surface area contributed by atoms with Gasteiger partial charge in [0.1, 0.15) is 6.54 Å². The number of benzene rings is 1. The van der Waals surface area contributed by atoms with Gasteiger partial charge in [0.25, 0.3) is 0 Å². The summed E-state index contributed by atoms with van der Waals surface area (Å²) >= 11 is 0. The van der Waals surface area contributed by atoms with Crippen LogP contribution in [0.5, 0.6) is 0 Å². The number of para-hydroxylation sites is 1. The number of rotatable bonds is 3. The first-order valence-electron chi connectivity index (χ1n) is 8.94. The lowest BCUT2D eigenvalue weighted by Gasteiger charge is -2.48. The first-order chi connectivity index (χ1) is 12.6. The molecular weight excluding hydrogens is 330 g/mol. The van der Waals surface area contributed by atoms with Crippen molar-refractivity contribution in [2.24, 2.45) is 0 Å². The number of carbonyl (C=O) groups excluding carboxylic acids is 2. The first kappa shape index (κ1) is 16.8. The largest absolute Gasteiger partial charge is 0.472 e. The van der Waals surface area contributed by atoms with E-state index in [4.69, 9.17) is 4.42 Å². The van der Waals surface area contributed by atoms with Gasteiger partial charge in [0, 0.05) is 37.8 Å². The highest BCUT2D eigenvalue weighted by molar-refractivity contribution is 5.98. The molecule has 26 heavy (non-hydrogen) atoms. The minimum Gasteiger partial charge on any atom is -0.472 e. The molecule has 6 nitrogen and oxygen atoms in total. The maximum Gasteiger partial charge on any atom is 0.246 e. The third kappa shape index (κ3) is 3.01. The van der Waals surface area contributed by atoms with Crippen molar-refractivity contribution in [1.29, 1.82) is 0 Å². The Labute approximate surface area is 153 Å². The normalized spacial score (nSPS) is 23.8. The standard InChI is InChI=1S/C20H23N3O3/c1-16(24)23-12-19(25)22(18-5-3-2-4-6-18)15-20(23)8-9-21(14-20)11-17-7-10-26-13-17/h2-7,10,13H,8-9,11-12,14-15H2,1H3/t20-/m0/s1. The van der Waals surface area contributed by atoms with Gasteiger partial charge in [-0.3, -0.25) is 14.5 Å². The van der Waals surface area contributed by atoms with Gasteiger partial charge in [0.2, 0.25) is 11.8 Å². The molecule has 2 amide bonds. The second-order valence-corrected chi connectivity index (χ2v) is 7.24. The lowest BCUT2D eigenvalue weighted by molar-refractivity contribution is -0.142. The van der Waals surface area contributed by atoms with Gasteiger partial charge in [-0.2, -0.15) is 0 Å². The summed E-state index contributed by atoms with van der Waals surface area (Å²) in [7, 11) is 0. The van der Waals surface area contributed by atoms with Crippen LogP contribution in [0.3, 0.4) is 0 Å². The summed E-state index contributed by atoms with van der Waals surface area (Å²) in [5.74, 6) is -0.0541. The van der Waals surface area contributed by atoms with E-state index in [1.165, 1.54) is 0 Å². The minimum atomic E-state index is -0.334. The molecule has 0 aliphatic carbocycles. The van der Waals surface area contributed by atoms with Crippen LogP contribution in [0.1, 0.15) is 18.9 Å². The average Bonchev–Trinajstić information content (AvgIpc) is 3.28. The highest BCUT2D eigenvalue weighted by Gasteiger charge is 2.50. The fourth-order valence-electron chi connectivity index (χ4n) is 4.21. The van der Waals surface area contributed by atoms with Crippen LogP contribution >= 0.6 is 0 Å². The maximum atomic E-state index is 12.7. The minimum absolute atomic E-state index is 0.0229. The second kappa shape index (κ2) is 6.61. The Morgan fingerprint density at radius 3 is 2.69 bits per heavy atom. The van der Waals surface area contributed by atoms with Crippen molar-refractivity contribution in [1.82, 2.24) is 9.80 Å². The third-order valence-corrected chi connectivity index (χ3v) is 5.47. The molecule has 2 aromatic rings. The summed E-state index contributed by atoms with van der Waals surface area (Å²) in [6.07, 6.45) is 4.30. The van der Waals surface area contributed by atoms with E-state index in [2.05, 4.69) is 4.90 Å². The van der Waals surface area contributed by atoms with E-state index < -0.39 is 0 Å². The molecule has 136 valence electrons. The Morgan fingerprint density at radius 2 is 2.00 bits per heavy atom. The molecule has 2 saturated heterocycles. The summed E-state index contributed by atoms with van der Waals surface area (Å²) in [6, 6.07) is 11.7. The van der Waals surface area contributed by atoms with Gasteiger partial charge in [-0.05, 0) is 24.6 Å². The Morgan fingerprint density at radius 1 is 1.19 bits per heavy atom. The van der Waals surface area contributed by atoms with Gasteiger partial charge in [0.15, 0.2) is 0 Å². The monoisotopic (exact) mass is 353 g/mol. The smallest absolute Gasteiger partial charge is 0.246 e. The molecule has 4 rings (SSSR count). The molecule has 1 aromatic carbocycles. The SMILES string of the molecule is CC(=O)N1CC(=O)N(c2ccccc2)C[C@@]12CCN(Cc1ccoc1)C2. The van der Waals surface area contributed by atoms with E-state index in [0.29, 0.717) is 6.54 Å². The van der Waals surface area contributed by atoms with Crippen molar-refractivity contribution >= 4 is 17.5 Å². The number of carbonyl (C=O) groups is 2. The van der Waals surface area contributed by atoms with Gasteiger partial charge in [-0.1, -0.05) is 18.2 Å². The summed E-state index contributed by atoms with van der Waals surface area (Å²) in [5, 5.41) is 0. The Hall–Kier alpha value is -2.60. The van der Waals surface area contributed by atoms with Crippen LogP contribution in [0, 0.1) is 0 Å². The number of hydrogen-bond acceptors (Lipinski definition) is 4. The lowest BCUT2D eigenvalue weighted by Crippen LogP contribution is -2.66. The van der Waals surface area contributed by atoms with E-state index in [1.807, 2.05) is 41.3 Å².